The number of nitrogens with zero attached hydrogens (tertiary/aromatic N) is 1. The van der Waals surface area contributed by atoms with Gasteiger partial charge in [-0.15, -0.1) is 0 Å². The number of anilines is 1. The molecule has 3 nitrogen and oxygen atoms in total. The molecule has 0 saturated carbocycles. The zero-order chi connectivity index (χ0) is 18.6. The third kappa shape index (κ3) is 4.63. The number of rotatable bonds is 4. The van der Waals surface area contributed by atoms with E-state index in [1.807, 2.05) is 24.3 Å². The van der Waals surface area contributed by atoms with Crippen LogP contribution >= 0.6 is 23.8 Å². The minimum absolute atomic E-state index is 0.426. The van der Waals surface area contributed by atoms with E-state index in [1.165, 1.54) is 24.8 Å². The van der Waals surface area contributed by atoms with E-state index >= 15 is 0 Å². The van der Waals surface area contributed by atoms with Gasteiger partial charge in [0.2, 0.25) is 0 Å². The van der Waals surface area contributed by atoms with Crippen LogP contribution in [-0.4, -0.2) is 28.1 Å². The molecule has 0 amide bonds. The van der Waals surface area contributed by atoms with Crippen molar-refractivity contribution in [2.75, 3.05) is 5.32 Å². The average Bonchev–Trinajstić information content (AvgIpc) is 2.65. The molecule has 27 heavy (non-hydrogen) atoms. The van der Waals surface area contributed by atoms with Crippen molar-refractivity contribution in [3.05, 3.63) is 65.2 Å². The Morgan fingerprint density at radius 1 is 1.00 bits per heavy atom. The number of halogens is 1. The number of benzene rings is 2. The summed E-state index contributed by atoms with van der Waals surface area (Å²) in [5, 5.41) is 8.15. The fourth-order valence-corrected chi connectivity index (χ4v) is 5.01. The first-order valence-electron chi connectivity index (χ1n) is 9.81. The van der Waals surface area contributed by atoms with Gasteiger partial charge in [-0.05, 0) is 55.6 Å². The molecule has 2 saturated heterocycles. The molecule has 2 N–H and O–H groups in total. The van der Waals surface area contributed by atoms with Gasteiger partial charge in [-0.1, -0.05) is 60.5 Å². The zero-order valence-corrected chi connectivity index (χ0v) is 17.0. The van der Waals surface area contributed by atoms with Crippen LogP contribution in [0.2, 0.25) is 5.02 Å². The quantitative estimate of drug-likeness (QED) is 0.690. The number of piperidine rings is 2. The molecule has 142 valence electrons. The first-order valence-corrected chi connectivity index (χ1v) is 10.6. The van der Waals surface area contributed by atoms with Gasteiger partial charge in [-0.3, -0.25) is 4.90 Å². The Labute approximate surface area is 172 Å². The van der Waals surface area contributed by atoms with Gasteiger partial charge < -0.3 is 10.6 Å². The lowest BCUT2D eigenvalue weighted by Gasteiger charge is -2.49. The molecule has 2 heterocycles. The Bertz CT molecular complexity index is 768. The largest absolute Gasteiger partial charge is 0.360 e. The van der Waals surface area contributed by atoms with E-state index in [1.54, 1.807) is 0 Å². The van der Waals surface area contributed by atoms with Crippen LogP contribution in [0.15, 0.2) is 54.6 Å². The van der Waals surface area contributed by atoms with Gasteiger partial charge in [-0.25, -0.2) is 0 Å². The van der Waals surface area contributed by atoms with Crippen molar-refractivity contribution in [2.45, 2.75) is 56.8 Å². The number of thiocarbonyl (C=S) groups is 1. The molecule has 4 rings (SSSR count). The van der Waals surface area contributed by atoms with Gasteiger partial charge in [-0.2, -0.15) is 0 Å². The third-order valence-corrected chi connectivity index (χ3v) is 6.34. The van der Waals surface area contributed by atoms with Gasteiger partial charge in [0.15, 0.2) is 5.11 Å². The Kier molecular flexibility index (Phi) is 5.96. The summed E-state index contributed by atoms with van der Waals surface area (Å²) in [4.78, 5) is 2.72. The molecule has 2 atom stereocenters. The average molecular weight is 400 g/mol. The summed E-state index contributed by atoms with van der Waals surface area (Å²) in [6, 6.07) is 20.3. The van der Waals surface area contributed by atoms with Crippen molar-refractivity contribution < 1.29 is 0 Å². The molecule has 2 aromatic carbocycles. The second-order valence-corrected chi connectivity index (χ2v) is 8.46. The summed E-state index contributed by atoms with van der Waals surface area (Å²) in [5.41, 5.74) is 2.27. The Morgan fingerprint density at radius 3 is 2.37 bits per heavy atom. The van der Waals surface area contributed by atoms with Crippen molar-refractivity contribution in [3.63, 3.8) is 0 Å². The molecule has 0 aromatic heterocycles. The topological polar surface area (TPSA) is 27.3 Å². The molecular weight excluding hydrogens is 374 g/mol. The van der Waals surface area contributed by atoms with Crippen molar-refractivity contribution >= 4 is 34.6 Å². The Morgan fingerprint density at radius 2 is 1.67 bits per heavy atom. The number of fused-ring (bicyclic) bond motifs is 2. The fraction of sp³-hybridized carbons (Fsp3) is 0.409. The van der Waals surface area contributed by atoms with Gasteiger partial charge in [0, 0.05) is 24.7 Å². The summed E-state index contributed by atoms with van der Waals surface area (Å²) in [7, 11) is 0. The van der Waals surface area contributed by atoms with E-state index in [0.717, 1.165) is 25.1 Å². The van der Waals surface area contributed by atoms with E-state index in [9.17, 15) is 0 Å². The highest BCUT2D eigenvalue weighted by atomic mass is 35.5. The van der Waals surface area contributed by atoms with Gasteiger partial charge in [0.1, 0.15) is 0 Å². The minimum atomic E-state index is 0.426. The predicted molar refractivity (Wildman–Crippen MR) is 117 cm³/mol. The van der Waals surface area contributed by atoms with Crippen LogP contribution in [0, 0.1) is 0 Å². The summed E-state index contributed by atoms with van der Waals surface area (Å²) < 4.78 is 0. The first-order chi connectivity index (χ1) is 13.2. The van der Waals surface area contributed by atoms with Crippen LogP contribution in [0.4, 0.5) is 5.69 Å². The number of hydrogen-bond acceptors (Lipinski definition) is 2. The van der Waals surface area contributed by atoms with Crippen molar-refractivity contribution in [3.8, 4) is 0 Å². The molecule has 2 bridgehead atoms. The van der Waals surface area contributed by atoms with Crippen LogP contribution in [0.25, 0.3) is 0 Å². The summed E-state index contributed by atoms with van der Waals surface area (Å²) in [6.45, 7) is 1.06. The van der Waals surface area contributed by atoms with Crippen LogP contribution in [0.3, 0.4) is 0 Å². The predicted octanol–water partition coefficient (Wildman–Crippen LogP) is 5.21. The number of para-hydroxylation sites is 1. The van der Waals surface area contributed by atoms with Gasteiger partial charge in [0.25, 0.3) is 0 Å². The van der Waals surface area contributed by atoms with E-state index in [4.69, 9.17) is 23.8 Å². The molecule has 2 aliphatic heterocycles. The van der Waals surface area contributed by atoms with Gasteiger partial charge in [0.05, 0.1) is 10.7 Å². The maximum absolute atomic E-state index is 6.23. The van der Waals surface area contributed by atoms with Gasteiger partial charge >= 0.3 is 0 Å². The van der Waals surface area contributed by atoms with Crippen LogP contribution in [0.1, 0.15) is 37.7 Å². The van der Waals surface area contributed by atoms with E-state index < -0.39 is 0 Å². The molecule has 0 radical (unpaired) electrons. The lowest BCUT2D eigenvalue weighted by molar-refractivity contribution is 0.0212. The standard InChI is InChI=1S/C22H26ClN3S/c23-20-11-4-5-12-21(20)25-22(27)24-17-13-18-9-6-10-19(14-17)26(18)15-16-7-2-1-3-8-16/h1-5,7-8,11-12,17-19H,6,9-10,13-15H2,(H2,24,25,27)/t18-,19-/m0/s1. The summed E-state index contributed by atoms with van der Waals surface area (Å²) >= 11 is 11.8. The van der Waals surface area contributed by atoms with Crippen molar-refractivity contribution in [1.29, 1.82) is 0 Å². The molecule has 0 aliphatic carbocycles. The molecule has 0 spiro atoms. The number of hydrogen-bond donors (Lipinski definition) is 2. The van der Waals surface area contributed by atoms with E-state index in [-0.39, 0.29) is 0 Å². The lowest BCUT2D eigenvalue weighted by Crippen LogP contribution is -2.56. The number of nitrogens with one attached hydrogen (secondary N) is 2. The normalized spacial score (nSPS) is 25.0. The van der Waals surface area contributed by atoms with E-state index in [0.29, 0.717) is 28.3 Å². The first kappa shape index (κ1) is 18.7. The lowest BCUT2D eigenvalue weighted by atomic mass is 9.81. The third-order valence-electron chi connectivity index (χ3n) is 5.79. The highest BCUT2D eigenvalue weighted by molar-refractivity contribution is 7.80. The molecule has 5 heteroatoms. The highest BCUT2D eigenvalue weighted by Crippen LogP contribution is 2.35. The monoisotopic (exact) mass is 399 g/mol. The fourth-order valence-electron chi connectivity index (χ4n) is 4.56. The second kappa shape index (κ2) is 8.59. The second-order valence-electron chi connectivity index (χ2n) is 7.64. The van der Waals surface area contributed by atoms with E-state index in [2.05, 4.69) is 45.9 Å². The maximum atomic E-state index is 6.23. The van der Waals surface area contributed by atoms with Crippen molar-refractivity contribution in [1.82, 2.24) is 10.2 Å². The minimum Gasteiger partial charge on any atom is -0.360 e. The summed E-state index contributed by atoms with van der Waals surface area (Å²) in [5.74, 6) is 0. The maximum Gasteiger partial charge on any atom is 0.171 e. The van der Waals surface area contributed by atoms with Crippen LogP contribution in [-0.2, 0) is 6.54 Å². The van der Waals surface area contributed by atoms with Crippen molar-refractivity contribution in [2.24, 2.45) is 0 Å². The smallest absolute Gasteiger partial charge is 0.171 e. The molecular formula is C22H26ClN3S. The molecule has 2 aliphatic rings. The van der Waals surface area contributed by atoms with Crippen LogP contribution < -0.4 is 10.6 Å². The molecule has 2 aromatic rings. The molecule has 2 fully saturated rings. The Balaban J connectivity index is 1.37. The summed E-state index contributed by atoms with van der Waals surface area (Å²) in [6.07, 6.45) is 6.20. The Hall–Kier alpha value is -1.62. The SMILES string of the molecule is S=C(Nc1ccccc1Cl)NC1C[C@@H]2CCC[C@@H](C1)N2Cc1ccccc1. The highest BCUT2D eigenvalue weighted by Gasteiger charge is 2.38. The van der Waals surface area contributed by atoms with Crippen LogP contribution in [0.5, 0.6) is 0 Å². The molecule has 0 unspecified atom stereocenters. The zero-order valence-electron chi connectivity index (χ0n) is 15.4.